The highest BCUT2D eigenvalue weighted by molar-refractivity contribution is 7.99. The van der Waals surface area contributed by atoms with Crippen LogP contribution in [0, 0.1) is 0 Å². The maximum Gasteiger partial charge on any atom is 0.267 e. The van der Waals surface area contributed by atoms with E-state index in [-0.39, 0.29) is 5.56 Å². The summed E-state index contributed by atoms with van der Waals surface area (Å²) in [5, 5.41) is 1.70. The summed E-state index contributed by atoms with van der Waals surface area (Å²) < 4.78 is 1.83. The molecule has 1 aliphatic rings. The van der Waals surface area contributed by atoms with Crippen molar-refractivity contribution in [2.24, 2.45) is 0 Å². The molecule has 3 nitrogen and oxygen atoms in total. The van der Waals surface area contributed by atoms with Crippen LogP contribution in [0.4, 0.5) is 0 Å². The third-order valence-corrected chi connectivity index (χ3v) is 7.16. The van der Waals surface area contributed by atoms with Gasteiger partial charge >= 0.3 is 0 Å². The number of para-hydroxylation sites is 1. The average Bonchev–Trinajstić information content (AvgIpc) is 2.84. The number of hydrogen-bond donors (Lipinski definition) is 0. The van der Waals surface area contributed by atoms with E-state index in [9.17, 15) is 4.79 Å². The van der Waals surface area contributed by atoms with Gasteiger partial charge in [-0.05, 0) is 49.8 Å². The number of thioether (sulfide) groups is 1. The van der Waals surface area contributed by atoms with E-state index in [0.717, 1.165) is 52.5 Å². The molecule has 4 rings (SSSR count). The van der Waals surface area contributed by atoms with E-state index in [0.29, 0.717) is 0 Å². The number of aryl methyl sites for hydroxylation is 2. The first kappa shape index (κ1) is 17.8. The second kappa shape index (κ2) is 7.97. The van der Waals surface area contributed by atoms with E-state index in [1.807, 2.05) is 34.9 Å². The Kier molecular flexibility index (Phi) is 5.46. The van der Waals surface area contributed by atoms with Gasteiger partial charge < -0.3 is 0 Å². The molecule has 0 N–H and O–H groups in total. The lowest BCUT2D eigenvalue weighted by Crippen LogP contribution is -2.22. The molecule has 26 heavy (non-hydrogen) atoms. The zero-order valence-electron chi connectivity index (χ0n) is 15.2. The monoisotopic (exact) mass is 384 g/mol. The molecule has 136 valence electrons. The maximum absolute atomic E-state index is 13.5. The minimum Gasteiger partial charge on any atom is -0.268 e. The number of nitrogens with zero attached hydrogens (tertiary/aromatic N) is 2. The van der Waals surface area contributed by atoms with Gasteiger partial charge in [0.05, 0.1) is 11.1 Å². The normalized spacial score (nSPS) is 14.3. The van der Waals surface area contributed by atoms with Crippen LogP contribution in [0.1, 0.15) is 49.5 Å². The summed E-state index contributed by atoms with van der Waals surface area (Å²) in [7, 11) is 0. The lowest BCUT2D eigenvalue weighted by atomic mass is 10.1. The predicted molar refractivity (Wildman–Crippen MR) is 112 cm³/mol. The number of hydrogen-bond acceptors (Lipinski definition) is 4. The Labute approximate surface area is 162 Å². The van der Waals surface area contributed by atoms with Crippen LogP contribution in [-0.2, 0) is 12.8 Å². The molecule has 0 spiro atoms. The van der Waals surface area contributed by atoms with Crippen LogP contribution in [0.2, 0.25) is 0 Å². The van der Waals surface area contributed by atoms with Gasteiger partial charge in [-0.25, -0.2) is 4.98 Å². The van der Waals surface area contributed by atoms with Crippen LogP contribution >= 0.6 is 23.1 Å². The fraction of sp³-hybridized carbons (Fsp3) is 0.429. The molecule has 0 saturated carbocycles. The Morgan fingerprint density at radius 2 is 1.96 bits per heavy atom. The summed E-state index contributed by atoms with van der Waals surface area (Å²) in [5.41, 5.74) is 2.30. The Bertz CT molecular complexity index is 960. The highest BCUT2D eigenvalue weighted by Gasteiger charge is 2.22. The first-order chi connectivity index (χ1) is 12.8. The van der Waals surface area contributed by atoms with Crippen molar-refractivity contribution in [1.29, 1.82) is 0 Å². The molecule has 0 amide bonds. The van der Waals surface area contributed by atoms with Crippen LogP contribution in [0.15, 0.2) is 40.3 Å². The quantitative estimate of drug-likeness (QED) is 0.248. The zero-order valence-corrected chi connectivity index (χ0v) is 16.8. The van der Waals surface area contributed by atoms with E-state index in [1.54, 1.807) is 23.1 Å². The van der Waals surface area contributed by atoms with Gasteiger partial charge in [-0.3, -0.25) is 9.36 Å². The SMILES string of the molecule is CCCCSc1nc2sc3c(c2c(=O)n1-c1ccccc1)CCCCC3. The van der Waals surface area contributed by atoms with Gasteiger partial charge in [0.1, 0.15) is 4.83 Å². The molecule has 0 aliphatic heterocycles. The molecular formula is C21H24N2OS2. The van der Waals surface area contributed by atoms with Crippen LogP contribution < -0.4 is 5.56 Å². The van der Waals surface area contributed by atoms with E-state index < -0.39 is 0 Å². The highest BCUT2D eigenvalue weighted by atomic mass is 32.2. The maximum atomic E-state index is 13.5. The second-order valence-electron chi connectivity index (χ2n) is 6.82. The van der Waals surface area contributed by atoms with Crippen molar-refractivity contribution < 1.29 is 0 Å². The summed E-state index contributed by atoms with van der Waals surface area (Å²) in [6, 6.07) is 9.97. The molecule has 1 aromatic carbocycles. The predicted octanol–water partition coefficient (Wildman–Crippen LogP) is 5.61. The third-order valence-electron chi connectivity index (χ3n) is 4.95. The number of aromatic nitrogens is 2. The Balaban J connectivity index is 1.92. The minimum absolute atomic E-state index is 0.111. The number of benzene rings is 1. The number of fused-ring (bicyclic) bond motifs is 3. The van der Waals surface area contributed by atoms with Crippen molar-refractivity contribution in [2.45, 2.75) is 57.0 Å². The molecule has 2 aromatic heterocycles. The smallest absolute Gasteiger partial charge is 0.267 e. The lowest BCUT2D eigenvalue weighted by Gasteiger charge is -2.12. The first-order valence-corrected chi connectivity index (χ1v) is 11.4. The molecule has 0 radical (unpaired) electrons. The van der Waals surface area contributed by atoms with Gasteiger partial charge in [0.2, 0.25) is 0 Å². The standard InChI is InChI=1S/C21H24N2OS2/c1-2-3-14-25-21-22-19-18(16-12-8-5-9-13-17(16)26-19)20(24)23(21)15-10-6-4-7-11-15/h4,6-7,10-11H,2-3,5,8-9,12-14H2,1H3. The summed E-state index contributed by atoms with van der Waals surface area (Å²) in [6.07, 6.45) is 8.06. The minimum atomic E-state index is 0.111. The number of unbranched alkanes of at least 4 members (excludes halogenated alkanes) is 1. The van der Waals surface area contributed by atoms with Crippen molar-refractivity contribution in [3.8, 4) is 5.69 Å². The summed E-state index contributed by atoms with van der Waals surface area (Å²) >= 11 is 3.45. The van der Waals surface area contributed by atoms with Gasteiger partial charge in [0.25, 0.3) is 5.56 Å². The number of thiophene rings is 1. The fourth-order valence-corrected chi connectivity index (χ4v) is 5.97. The molecule has 3 aromatic rings. The fourth-order valence-electron chi connectivity index (χ4n) is 3.57. The molecule has 0 bridgehead atoms. The van der Waals surface area contributed by atoms with Crippen molar-refractivity contribution >= 4 is 33.3 Å². The van der Waals surface area contributed by atoms with E-state index in [4.69, 9.17) is 4.98 Å². The Hall–Kier alpha value is -1.59. The largest absolute Gasteiger partial charge is 0.268 e. The third kappa shape index (κ3) is 3.35. The summed E-state index contributed by atoms with van der Waals surface area (Å²) in [4.78, 5) is 20.8. The second-order valence-corrected chi connectivity index (χ2v) is 8.96. The summed E-state index contributed by atoms with van der Waals surface area (Å²) in [5.74, 6) is 0.992. The van der Waals surface area contributed by atoms with Crippen molar-refractivity contribution in [1.82, 2.24) is 9.55 Å². The van der Waals surface area contributed by atoms with Crippen molar-refractivity contribution in [3.63, 3.8) is 0 Å². The van der Waals surface area contributed by atoms with Crippen LogP contribution in [-0.4, -0.2) is 15.3 Å². The molecule has 0 fully saturated rings. The van der Waals surface area contributed by atoms with Crippen molar-refractivity contribution in [3.05, 3.63) is 51.1 Å². The zero-order chi connectivity index (χ0) is 17.9. The molecule has 0 unspecified atom stereocenters. The molecule has 1 aliphatic carbocycles. The summed E-state index contributed by atoms with van der Waals surface area (Å²) in [6.45, 7) is 2.19. The topological polar surface area (TPSA) is 34.9 Å². The first-order valence-electron chi connectivity index (χ1n) is 9.55. The molecular weight excluding hydrogens is 360 g/mol. The molecule has 0 atom stereocenters. The van der Waals surface area contributed by atoms with Gasteiger partial charge in [-0.15, -0.1) is 11.3 Å². The van der Waals surface area contributed by atoms with Crippen LogP contribution in [0.3, 0.4) is 0 Å². The highest BCUT2D eigenvalue weighted by Crippen LogP contribution is 2.34. The van der Waals surface area contributed by atoms with E-state index in [1.165, 1.54) is 29.7 Å². The molecule has 2 heterocycles. The van der Waals surface area contributed by atoms with Crippen LogP contribution in [0.5, 0.6) is 0 Å². The van der Waals surface area contributed by atoms with Crippen molar-refractivity contribution in [2.75, 3.05) is 5.75 Å². The lowest BCUT2D eigenvalue weighted by molar-refractivity contribution is 0.713. The van der Waals surface area contributed by atoms with Gasteiger partial charge in [0.15, 0.2) is 5.16 Å². The van der Waals surface area contributed by atoms with Gasteiger partial charge in [-0.1, -0.05) is 49.7 Å². The number of rotatable bonds is 5. The molecule has 0 saturated heterocycles. The molecule has 5 heteroatoms. The Morgan fingerprint density at radius 1 is 1.15 bits per heavy atom. The average molecular weight is 385 g/mol. The van der Waals surface area contributed by atoms with E-state index >= 15 is 0 Å². The van der Waals surface area contributed by atoms with E-state index in [2.05, 4.69) is 6.92 Å². The van der Waals surface area contributed by atoms with Crippen LogP contribution in [0.25, 0.3) is 15.9 Å². The van der Waals surface area contributed by atoms with Gasteiger partial charge in [-0.2, -0.15) is 0 Å². The van der Waals surface area contributed by atoms with Gasteiger partial charge in [0, 0.05) is 10.6 Å². The Morgan fingerprint density at radius 3 is 2.77 bits per heavy atom.